The summed E-state index contributed by atoms with van der Waals surface area (Å²) in [5.41, 5.74) is 3.07. The molecule has 1 aromatic carbocycles. The normalized spacial score (nSPS) is 14.7. The average molecular weight is 477 g/mol. The van der Waals surface area contributed by atoms with Gasteiger partial charge in [0.1, 0.15) is 0 Å². The lowest BCUT2D eigenvalue weighted by atomic mass is 10.1. The Morgan fingerprint density at radius 2 is 1.70 bits per heavy atom. The average Bonchev–Trinajstić information content (AvgIpc) is 2.88. The molecule has 1 aromatic heterocycles. The maximum atomic E-state index is 13.3. The van der Waals surface area contributed by atoms with E-state index in [2.05, 4.69) is 21.0 Å². The highest BCUT2D eigenvalue weighted by molar-refractivity contribution is 9.10. The fourth-order valence-electron chi connectivity index (χ4n) is 3.58. The van der Waals surface area contributed by atoms with Gasteiger partial charge in [0.15, 0.2) is 0 Å². The second-order valence-electron chi connectivity index (χ2n) is 8.04. The number of amides is 2. The van der Waals surface area contributed by atoms with Gasteiger partial charge in [-0.25, -0.2) is 9.48 Å². The molecule has 162 valence electrons. The SMILES string of the molecule is Cc1nn(-c2ccc(Br)cc2)c(C)c1C(=O)N1CCCN(C(=O)OCC(C)C)CC1. The number of nitrogens with zero attached hydrogens (tertiary/aromatic N) is 4. The minimum absolute atomic E-state index is 0.0363. The summed E-state index contributed by atoms with van der Waals surface area (Å²) in [5, 5.41) is 4.60. The van der Waals surface area contributed by atoms with Gasteiger partial charge >= 0.3 is 6.09 Å². The summed E-state index contributed by atoms with van der Waals surface area (Å²) >= 11 is 3.44. The summed E-state index contributed by atoms with van der Waals surface area (Å²) in [4.78, 5) is 29.1. The van der Waals surface area contributed by atoms with Gasteiger partial charge in [-0.1, -0.05) is 29.8 Å². The summed E-state index contributed by atoms with van der Waals surface area (Å²) in [6.45, 7) is 10.4. The molecule has 2 aromatic rings. The van der Waals surface area contributed by atoms with Gasteiger partial charge in [0.2, 0.25) is 0 Å². The first kappa shape index (κ1) is 22.3. The second kappa shape index (κ2) is 9.64. The zero-order valence-electron chi connectivity index (χ0n) is 18.0. The lowest BCUT2D eigenvalue weighted by molar-refractivity contribution is 0.0745. The van der Waals surface area contributed by atoms with Crippen LogP contribution in [0, 0.1) is 19.8 Å². The molecule has 0 bridgehead atoms. The molecule has 1 saturated heterocycles. The van der Waals surface area contributed by atoms with Gasteiger partial charge in [-0.3, -0.25) is 4.79 Å². The number of carbonyl (C=O) groups is 2. The van der Waals surface area contributed by atoms with Crippen molar-refractivity contribution in [3.8, 4) is 5.69 Å². The summed E-state index contributed by atoms with van der Waals surface area (Å²) < 4.78 is 8.14. The highest BCUT2D eigenvalue weighted by atomic mass is 79.9. The van der Waals surface area contributed by atoms with E-state index in [1.54, 1.807) is 4.90 Å². The van der Waals surface area contributed by atoms with Gasteiger partial charge < -0.3 is 14.5 Å². The van der Waals surface area contributed by atoms with E-state index in [-0.39, 0.29) is 12.0 Å². The predicted octanol–water partition coefficient (Wildman–Crippen LogP) is 4.19. The third kappa shape index (κ3) is 5.03. The van der Waals surface area contributed by atoms with Crippen LogP contribution < -0.4 is 0 Å². The van der Waals surface area contributed by atoms with Gasteiger partial charge in [0, 0.05) is 30.7 Å². The molecule has 3 rings (SSSR count). The summed E-state index contributed by atoms with van der Waals surface area (Å²) in [6, 6.07) is 7.83. The monoisotopic (exact) mass is 476 g/mol. The largest absolute Gasteiger partial charge is 0.449 e. The van der Waals surface area contributed by atoms with Gasteiger partial charge in [0.05, 0.1) is 29.2 Å². The molecule has 30 heavy (non-hydrogen) atoms. The van der Waals surface area contributed by atoms with E-state index in [1.165, 1.54) is 0 Å². The highest BCUT2D eigenvalue weighted by Gasteiger charge is 2.27. The van der Waals surface area contributed by atoms with Crippen molar-refractivity contribution in [3.05, 3.63) is 45.7 Å². The molecular formula is C22H29BrN4O3. The van der Waals surface area contributed by atoms with E-state index in [4.69, 9.17) is 4.74 Å². The van der Waals surface area contributed by atoms with Crippen molar-refractivity contribution in [3.63, 3.8) is 0 Å². The molecule has 1 aliphatic rings. The fraction of sp³-hybridized carbons (Fsp3) is 0.500. The first-order valence-electron chi connectivity index (χ1n) is 10.3. The van der Waals surface area contributed by atoms with Crippen LogP contribution in [-0.4, -0.2) is 64.4 Å². The number of aromatic nitrogens is 2. The van der Waals surface area contributed by atoms with E-state index < -0.39 is 0 Å². The molecule has 0 unspecified atom stereocenters. The number of carbonyl (C=O) groups excluding carboxylic acids is 2. The lowest BCUT2D eigenvalue weighted by Gasteiger charge is -2.22. The first-order valence-corrected chi connectivity index (χ1v) is 11.1. The van der Waals surface area contributed by atoms with Crippen molar-refractivity contribution in [1.29, 1.82) is 0 Å². The molecule has 1 fully saturated rings. The Bertz CT molecular complexity index is 908. The lowest BCUT2D eigenvalue weighted by Crippen LogP contribution is -2.38. The molecule has 7 nitrogen and oxygen atoms in total. The fourth-order valence-corrected chi connectivity index (χ4v) is 3.84. The van der Waals surface area contributed by atoms with Gasteiger partial charge in [-0.2, -0.15) is 5.10 Å². The van der Waals surface area contributed by atoms with Gasteiger partial charge in [0.25, 0.3) is 5.91 Å². The third-order valence-electron chi connectivity index (χ3n) is 5.16. The van der Waals surface area contributed by atoms with Crippen LogP contribution in [0.2, 0.25) is 0 Å². The standard InChI is InChI=1S/C22H29BrN4O3/c1-15(2)14-30-22(29)26-11-5-10-25(12-13-26)21(28)20-16(3)24-27(17(20)4)19-8-6-18(23)7-9-19/h6-9,15H,5,10-14H2,1-4H3. The number of aryl methyl sites for hydroxylation is 1. The van der Waals surface area contributed by atoms with Crippen LogP contribution in [0.1, 0.15) is 42.0 Å². The Morgan fingerprint density at radius 1 is 1.07 bits per heavy atom. The minimum Gasteiger partial charge on any atom is -0.449 e. The van der Waals surface area contributed by atoms with Crippen LogP contribution in [0.5, 0.6) is 0 Å². The Balaban J connectivity index is 1.72. The van der Waals surface area contributed by atoms with E-state index in [0.29, 0.717) is 50.0 Å². The zero-order valence-corrected chi connectivity index (χ0v) is 19.6. The van der Waals surface area contributed by atoms with E-state index in [9.17, 15) is 9.59 Å². The van der Waals surface area contributed by atoms with Crippen LogP contribution in [0.25, 0.3) is 5.69 Å². The molecule has 0 N–H and O–H groups in total. The topological polar surface area (TPSA) is 67.7 Å². The zero-order chi connectivity index (χ0) is 21.8. The number of halogens is 1. The first-order chi connectivity index (χ1) is 14.3. The van der Waals surface area contributed by atoms with Crippen molar-refractivity contribution < 1.29 is 14.3 Å². The molecule has 8 heteroatoms. The number of benzene rings is 1. The summed E-state index contributed by atoms with van der Waals surface area (Å²) in [6.07, 6.45) is 0.426. The Kier molecular flexibility index (Phi) is 7.18. The maximum Gasteiger partial charge on any atom is 0.409 e. The van der Waals surface area contributed by atoms with Crippen LogP contribution in [0.3, 0.4) is 0 Å². The molecule has 0 saturated carbocycles. The molecular weight excluding hydrogens is 448 g/mol. The molecule has 0 spiro atoms. The van der Waals surface area contributed by atoms with E-state index in [0.717, 1.165) is 22.3 Å². The van der Waals surface area contributed by atoms with E-state index in [1.807, 2.05) is 61.5 Å². The van der Waals surface area contributed by atoms with Crippen LogP contribution in [-0.2, 0) is 4.74 Å². The Labute approximate surface area is 186 Å². The van der Waals surface area contributed by atoms with Crippen molar-refractivity contribution in [2.75, 3.05) is 32.8 Å². The molecule has 2 amide bonds. The highest BCUT2D eigenvalue weighted by Crippen LogP contribution is 2.22. The van der Waals surface area contributed by atoms with Crippen molar-refractivity contribution in [2.24, 2.45) is 5.92 Å². The van der Waals surface area contributed by atoms with Crippen LogP contribution in [0.4, 0.5) is 4.79 Å². The van der Waals surface area contributed by atoms with Crippen LogP contribution >= 0.6 is 15.9 Å². The molecule has 0 radical (unpaired) electrons. The summed E-state index contributed by atoms with van der Waals surface area (Å²) in [7, 11) is 0. The maximum absolute atomic E-state index is 13.3. The van der Waals surface area contributed by atoms with Gasteiger partial charge in [-0.15, -0.1) is 0 Å². The van der Waals surface area contributed by atoms with Crippen LogP contribution in [0.15, 0.2) is 28.7 Å². The quantitative estimate of drug-likeness (QED) is 0.663. The third-order valence-corrected chi connectivity index (χ3v) is 5.69. The summed E-state index contributed by atoms with van der Waals surface area (Å²) in [5.74, 6) is 0.262. The van der Waals surface area contributed by atoms with Crippen molar-refractivity contribution >= 4 is 27.9 Å². The van der Waals surface area contributed by atoms with E-state index >= 15 is 0 Å². The predicted molar refractivity (Wildman–Crippen MR) is 119 cm³/mol. The van der Waals surface area contributed by atoms with Crippen molar-refractivity contribution in [2.45, 2.75) is 34.1 Å². The second-order valence-corrected chi connectivity index (χ2v) is 8.95. The number of rotatable bonds is 4. The smallest absolute Gasteiger partial charge is 0.409 e. The Morgan fingerprint density at radius 3 is 2.37 bits per heavy atom. The molecule has 1 aliphatic heterocycles. The van der Waals surface area contributed by atoms with Crippen molar-refractivity contribution in [1.82, 2.24) is 19.6 Å². The minimum atomic E-state index is -0.298. The number of hydrogen-bond donors (Lipinski definition) is 0. The molecule has 0 atom stereocenters. The Hall–Kier alpha value is -2.35. The molecule has 2 heterocycles. The van der Waals surface area contributed by atoms with Gasteiger partial charge in [-0.05, 0) is 50.5 Å². The number of hydrogen-bond acceptors (Lipinski definition) is 4. The number of ether oxygens (including phenoxy) is 1. The molecule has 0 aliphatic carbocycles.